The molecule has 0 aromatic heterocycles. The highest BCUT2D eigenvalue weighted by Gasteiger charge is 2.40. The molecule has 1 aromatic carbocycles. The van der Waals surface area contributed by atoms with Gasteiger partial charge >= 0.3 is 12.3 Å². The van der Waals surface area contributed by atoms with Gasteiger partial charge in [0, 0.05) is 69.5 Å². The van der Waals surface area contributed by atoms with E-state index in [4.69, 9.17) is 11.6 Å². The van der Waals surface area contributed by atoms with Crippen LogP contribution in [0.2, 0.25) is 5.02 Å². The first-order valence-electron chi connectivity index (χ1n) is 10.6. The molecule has 0 radical (unpaired) electrons. The van der Waals surface area contributed by atoms with Crippen molar-refractivity contribution in [3.05, 3.63) is 28.8 Å². The van der Waals surface area contributed by atoms with E-state index in [2.05, 4.69) is 19.9 Å². The molecule has 3 rings (SSSR count). The molecule has 0 saturated carbocycles. The van der Waals surface area contributed by atoms with Crippen molar-refractivity contribution in [2.45, 2.75) is 45.1 Å². The molecule has 178 valence electrons. The quantitative estimate of drug-likeness (QED) is 0.706. The van der Waals surface area contributed by atoms with Crippen LogP contribution in [0.15, 0.2) is 18.2 Å². The van der Waals surface area contributed by atoms with E-state index in [-0.39, 0.29) is 11.9 Å². The molecule has 2 atom stereocenters. The summed E-state index contributed by atoms with van der Waals surface area (Å²) in [6.45, 7) is 6.08. The van der Waals surface area contributed by atoms with Crippen LogP contribution in [0.3, 0.4) is 0 Å². The topological polar surface area (TPSA) is 65.1 Å². The van der Waals surface area contributed by atoms with E-state index in [9.17, 15) is 22.8 Å². The molecule has 0 spiro atoms. The maximum atomic E-state index is 12.6. The zero-order chi connectivity index (χ0) is 23.5. The minimum Gasteiger partial charge on any atom is -0.437 e. The third kappa shape index (κ3) is 6.41. The largest absolute Gasteiger partial charge is 0.437 e. The van der Waals surface area contributed by atoms with Gasteiger partial charge in [-0.1, -0.05) is 17.7 Å². The monoisotopic (exact) mass is 476 g/mol. The Morgan fingerprint density at radius 3 is 2.53 bits per heavy atom. The zero-order valence-corrected chi connectivity index (χ0v) is 18.9. The molecule has 11 heteroatoms. The molecule has 2 heterocycles. The normalized spacial score (nSPS) is 20.9. The van der Waals surface area contributed by atoms with Crippen molar-refractivity contribution >= 4 is 29.3 Å². The summed E-state index contributed by atoms with van der Waals surface area (Å²) < 4.78 is 42.4. The summed E-state index contributed by atoms with van der Waals surface area (Å²) >= 11 is 6.24. The Hall–Kier alpha value is -2.20. The van der Waals surface area contributed by atoms with Gasteiger partial charge in [-0.2, -0.15) is 13.2 Å². The summed E-state index contributed by atoms with van der Waals surface area (Å²) in [7, 11) is 0. The predicted molar refractivity (Wildman–Crippen MR) is 115 cm³/mol. The van der Waals surface area contributed by atoms with Crippen molar-refractivity contribution in [2.24, 2.45) is 0 Å². The van der Waals surface area contributed by atoms with Crippen LogP contribution in [0.5, 0.6) is 0 Å². The summed E-state index contributed by atoms with van der Waals surface area (Å²) in [6.07, 6.45) is -6.80. The Morgan fingerprint density at radius 1 is 1.22 bits per heavy atom. The lowest BCUT2D eigenvalue weighted by atomic mass is 10.1. The van der Waals surface area contributed by atoms with Gasteiger partial charge in [-0.25, -0.2) is 4.79 Å². The van der Waals surface area contributed by atoms with Crippen LogP contribution in [-0.4, -0.2) is 79.4 Å². The van der Waals surface area contributed by atoms with E-state index < -0.39 is 18.4 Å². The fraction of sp³-hybridized carbons (Fsp3) is 0.619. The summed E-state index contributed by atoms with van der Waals surface area (Å²) in [5, 5.41) is 3.57. The minimum atomic E-state index is -4.57. The number of piperazine rings is 1. The summed E-state index contributed by atoms with van der Waals surface area (Å²) in [5.41, 5.74) is 2.07. The van der Waals surface area contributed by atoms with Gasteiger partial charge in [-0.05, 0) is 31.0 Å². The van der Waals surface area contributed by atoms with Crippen LogP contribution >= 0.6 is 11.6 Å². The smallest absolute Gasteiger partial charge is 0.425 e. The van der Waals surface area contributed by atoms with Crippen LogP contribution in [0.1, 0.15) is 25.8 Å². The second-order valence-electron chi connectivity index (χ2n) is 8.24. The van der Waals surface area contributed by atoms with Crippen molar-refractivity contribution in [3.63, 3.8) is 0 Å². The Kier molecular flexibility index (Phi) is 7.76. The van der Waals surface area contributed by atoms with Crippen LogP contribution in [0.25, 0.3) is 0 Å². The summed E-state index contributed by atoms with van der Waals surface area (Å²) in [6, 6.07) is 5.80. The lowest BCUT2D eigenvalue weighted by molar-refractivity contribution is -0.200. The molecule has 2 aliphatic heterocycles. The first-order chi connectivity index (χ1) is 15.0. The van der Waals surface area contributed by atoms with E-state index in [1.807, 2.05) is 18.2 Å². The Labute approximate surface area is 190 Å². The van der Waals surface area contributed by atoms with Gasteiger partial charge in [0.2, 0.25) is 5.91 Å². The van der Waals surface area contributed by atoms with Gasteiger partial charge in [0.05, 0.1) is 0 Å². The number of ether oxygens (including phenoxy) is 1. The van der Waals surface area contributed by atoms with Crippen LogP contribution in [-0.2, 0) is 16.1 Å². The molecule has 2 fully saturated rings. The maximum Gasteiger partial charge on any atom is 0.425 e. The number of anilines is 1. The van der Waals surface area contributed by atoms with E-state index in [0.29, 0.717) is 44.3 Å². The van der Waals surface area contributed by atoms with Crippen LogP contribution < -0.4 is 10.2 Å². The second-order valence-corrected chi connectivity index (χ2v) is 8.67. The van der Waals surface area contributed by atoms with Crippen molar-refractivity contribution in [3.8, 4) is 0 Å². The van der Waals surface area contributed by atoms with Crippen molar-refractivity contribution in [2.75, 3.05) is 44.2 Å². The molecule has 7 nitrogen and oxygen atoms in total. The molecule has 2 aliphatic rings. The molecule has 2 saturated heterocycles. The molecule has 0 bridgehead atoms. The molecule has 0 aliphatic carbocycles. The minimum absolute atomic E-state index is 0.0517. The number of hydrogen-bond donors (Lipinski definition) is 1. The number of carbonyl (C=O) groups is 2. The Morgan fingerprint density at radius 2 is 1.91 bits per heavy atom. The van der Waals surface area contributed by atoms with E-state index >= 15 is 0 Å². The maximum absolute atomic E-state index is 12.6. The number of amides is 2. The average Bonchev–Trinajstić information content (AvgIpc) is 3.16. The molecule has 2 amide bonds. The lowest BCUT2D eigenvalue weighted by Gasteiger charge is -2.35. The molecular weight excluding hydrogens is 449 g/mol. The molecular formula is C21H28ClF3N4O3. The van der Waals surface area contributed by atoms with Gasteiger partial charge in [0.25, 0.3) is 0 Å². The number of rotatable bonds is 5. The average molecular weight is 477 g/mol. The van der Waals surface area contributed by atoms with E-state index in [0.717, 1.165) is 31.1 Å². The first-order valence-corrected chi connectivity index (χ1v) is 11.0. The standard InChI is InChI=1S/C21H28ClF3N4O3/c1-14(21(23,24)25)32-20(31)28-9-7-27(8-10-28)12-16-3-4-17(22)11-19(16)29-6-5-18(13-29)26-15(2)30/h3-4,11,14,18H,5-10,12-13H2,1-2H3,(H,26,30). The second kappa shape index (κ2) is 10.2. The summed E-state index contributed by atoms with van der Waals surface area (Å²) in [4.78, 5) is 29.0. The fourth-order valence-electron chi connectivity index (χ4n) is 3.97. The van der Waals surface area contributed by atoms with Crippen molar-refractivity contribution in [1.29, 1.82) is 0 Å². The van der Waals surface area contributed by atoms with Gasteiger partial charge < -0.3 is 19.9 Å². The fourth-order valence-corrected chi connectivity index (χ4v) is 4.14. The SMILES string of the molecule is CC(=O)NC1CCN(c2cc(Cl)ccc2CN2CCN(C(=O)OC(C)C(F)(F)F)CC2)C1. The third-order valence-electron chi connectivity index (χ3n) is 5.75. The van der Waals surface area contributed by atoms with Gasteiger partial charge in [-0.3, -0.25) is 9.69 Å². The number of benzene rings is 1. The van der Waals surface area contributed by atoms with Gasteiger partial charge in [-0.15, -0.1) is 0 Å². The molecule has 1 N–H and O–H groups in total. The van der Waals surface area contributed by atoms with E-state index in [1.54, 1.807) is 0 Å². The van der Waals surface area contributed by atoms with Crippen LogP contribution in [0.4, 0.5) is 23.7 Å². The number of alkyl halides is 3. The summed E-state index contributed by atoms with van der Waals surface area (Å²) in [5.74, 6) is -0.0517. The first kappa shape index (κ1) is 24.4. The number of nitrogens with zero attached hydrogens (tertiary/aromatic N) is 3. The Bertz CT molecular complexity index is 831. The van der Waals surface area contributed by atoms with Gasteiger partial charge in [0.1, 0.15) is 0 Å². The number of hydrogen-bond acceptors (Lipinski definition) is 5. The highest BCUT2D eigenvalue weighted by atomic mass is 35.5. The van der Waals surface area contributed by atoms with Gasteiger partial charge in [0.15, 0.2) is 6.10 Å². The van der Waals surface area contributed by atoms with Crippen molar-refractivity contribution < 1.29 is 27.5 Å². The highest BCUT2D eigenvalue weighted by Crippen LogP contribution is 2.29. The van der Waals surface area contributed by atoms with Crippen LogP contribution in [0, 0.1) is 0 Å². The Balaban J connectivity index is 1.57. The molecule has 2 unspecified atom stereocenters. The predicted octanol–water partition coefficient (Wildman–Crippen LogP) is 3.26. The highest BCUT2D eigenvalue weighted by molar-refractivity contribution is 6.30. The number of halogens is 4. The zero-order valence-electron chi connectivity index (χ0n) is 18.1. The lowest BCUT2D eigenvalue weighted by Crippen LogP contribution is -2.49. The molecule has 32 heavy (non-hydrogen) atoms. The third-order valence-corrected chi connectivity index (χ3v) is 5.98. The molecule has 1 aromatic rings. The number of nitrogens with one attached hydrogen (secondary N) is 1. The van der Waals surface area contributed by atoms with E-state index in [1.165, 1.54) is 11.8 Å². The van der Waals surface area contributed by atoms with Crippen molar-refractivity contribution in [1.82, 2.24) is 15.1 Å². The number of carbonyl (C=O) groups excluding carboxylic acids is 2.